The smallest absolute Gasteiger partial charge is 0.140 e. The van der Waals surface area contributed by atoms with E-state index in [0.29, 0.717) is 0 Å². The van der Waals surface area contributed by atoms with Gasteiger partial charge in [0.25, 0.3) is 0 Å². The van der Waals surface area contributed by atoms with E-state index in [1.165, 1.54) is 21.5 Å². The van der Waals surface area contributed by atoms with Gasteiger partial charge in [-0.3, -0.25) is 0 Å². The van der Waals surface area contributed by atoms with Gasteiger partial charge in [-0.15, -0.1) is 0 Å². The number of allylic oxidation sites excluding steroid dienone is 2. The molecule has 4 rings (SSSR count). The van der Waals surface area contributed by atoms with Crippen LogP contribution in [0.1, 0.15) is 13.8 Å². The van der Waals surface area contributed by atoms with E-state index in [9.17, 15) is 0 Å². The topological polar surface area (TPSA) is 9.23 Å². The largest absolute Gasteiger partial charge is 1.00 e. The molecule has 0 N–H and O–H groups in total. The first-order valence-electron chi connectivity index (χ1n) is 10.7. The molecule has 0 spiro atoms. The lowest BCUT2D eigenvalue weighted by atomic mass is 9.81. The Morgan fingerprint density at radius 1 is 0.781 bits per heavy atom. The Kier molecular flexibility index (Phi) is 8.17. The van der Waals surface area contributed by atoms with Crippen molar-refractivity contribution in [2.75, 3.05) is 13.3 Å². The summed E-state index contributed by atoms with van der Waals surface area (Å²) < 4.78 is 7.58. The molecule has 0 radical (unpaired) electrons. The maximum atomic E-state index is 6.47. The fourth-order valence-corrected chi connectivity index (χ4v) is 10.5. The van der Waals surface area contributed by atoms with Crippen LogP contribution in [0.5, 0.6) is 0 Å². The van der Waals surface area contributed by atoms with Gasteiger partial charge in [0.05, 0.1) is 0 Å². The first-order chi connectivity index (χ1) is 15.0. The molecule has 0 aromatic heterocycles. The Morgan fingerprint density at radius 2 is 1.19 bits per heavy atom. The summed E-state index contributed by atoms with van der Waals surface area (Å²) in [6.07, 6.45) is 5.27. The molecule has 3 aromatic rings. The van der Waals surface area contributed by atoms with Gasteiger partial charge in [-0.05, 0) is 49.4 Å². The van der Waals surface area contributed by atoms with Gasteiger partial charge in [0.2, 0.25) is 0 Å². The van der Waals surface area contributed by atoms with Crippen LogP contribution in [-0.2, 0) is 4.74 Å². The molecule has 166 valence electrons. The second kappa shape index (κ2) is 10.5. The number of rotatable bonds is 6. The minimum Gasteiger partial charge on any atom is -1.00 e. The van der Waals surface area contributed by atoms with E-state index in [-0.39, 0.29) is 18.3 Å². The van der Waals surface area contributed by atoms with E-state index in [2.05, 4.69) is 133 Å². The van der Waals surface area contributed by atoms with Crippen LogP contribution in [0.2, 0.25) is 0 Å². The second-order valence-corrected chi connectivity index (χ2v) is 12.6. The summed E-state index contributed by atoms with van der Waals surface area (Å²) >= 11 is 3.92. The predicted octanol–water partition coefficient (Wildman–Crippen LogP) is 3.24. The molecule has 0 fully saturated rings. The van der Waals surface area contributed by atoms with E-state index in [0.717, 1.165) is 10.6 Å². The molecule has 0 bridgehead atoms. The number of hydrogen-bond donors (Lipinski definition) is 0. The molecule has 3 aromatic carbocycles. The number of methoxy groups -OCH3 is 1. The van der Waals surface area contributed by atoms with Gasteiger partial charge in [0.1, 0.15) is 34.9 Å². The highest BCUT2D eigenvalue weighted by atomic mass is 79.9. The standard InChI is InChI=1S/C28H29BrOP.ClH/c1-22-19-20-27(29)28(30-3,23(22)2)21-31(24-13-7-4-8-14-24,25-15-9-5-10-16-25)26-17-11-6-12-18-26;/h4-20,23H,21H2,1-3H3;1H/q+1;/p-1. The minimum absolute atomic E-state index is 0. The summed E-state index contributed by atoms with van der Waals surface area (Å²) in [7, 11) is -0.167. The van der Waals surface area contributed by atoms with Crippen LogP contribution in [0.25, 0.3) is 0 Å². The van der Waals surface area contributed by atoms with E-state index < -0.39 is 12.9 Å². The van der Waals surface area contributed by atoms with Gasteiger partial charge in [-0.1, -0.05) is 89.1 Å². The van der Waals surface area contributed by atoms with Crippen molar-refractivity contribution in [3.8, 4) is 0 Å². The van der Waals surface area contributed by atoms with Crippen molar-refractivity contribution in [1.29, 1.82) is 0 Å². The summed E-state index contributed by atoms with van der Waals surface area (Å²) in [5.74, 6) is 0.257. The van der Waals surface area contributed by atoms with Crippen molar-refractivity contribution in [2.45, 2.75) is 19.4 Å². The highest BCUT2D eigenvalue weighted by Gasteiger charge is 2.56. The highest BCUT2D eigenvalue weighted by Crippen LogP contribution is 2.61. The van der Waals surface area contributed by atoms with Gasteiger partial charge in [0.15, 0.2) is 0 Å². The second-order valence-electron chi connectivity index (χ2n) is 8.22. The molecular formula is C28H29BrClOP. The minimum atomic E-state index is -2.03. The third-order valence-electron chi connectivity index (χ3n) is 6.71. The summed E-state index contributed by atoms with van der Waals surface area (Å²) in [5.41, 5.74) is 0.908. The molecule has 0 amide bonds. The van der Waals surface area contributed by atoms with Crippen LogP contribution < -0.4 is 28.3 Å². The predicted molar refractivity (Wildman–Crippen MR) is 140 cm³/mol. The molecule has 2 atom stereocenters. The lowest BCUT2D eigenvalue weighted by molar-refractivity contribution is -0.0000152. The monoisotopic (exact) mass is 526 g/mol. The molecule has 32 heavy (non-hydrogen) atoms. The SMILES string of the molecule is COC1(C[P+](c2ccccc2)(c2ccccc2)c2ccccc2)C(Br)=CC=C(C)C1C.[Cl-]. The van der Waals surface area contributed by atoms with Gasteiger partial charge in [-0.25, -0.2) is 0 Å². The molecule has 2 unspecified atom stereocenters. The molecule has 4 heteroatoms. The fraction of sp³-hybridized carbons (Fsp3) is 0.214. The van der Waals surface area contributed by atoms with Crippen molar-refractivity contribution in [2.24, 2.45) is 5.92 Å². The fourth-order valence-electron chi connectivity index (χ4n) is 4.74. The molecule has 1 nitrogen and oxygen atoms in total. The van der Waals surface area contributed by atoms with E-state index >= 15 is 0 Å². The van der Waals surface area contributed by atoms with Crippen molar-refractivity contribution >= 4 is 39.1 Å². The highest BCUT2D eigenvalue weighted by molar-refractivity contribution is 9.11. The van der Waals surface area contributed by atoms with Crippen molar-refractivity contribution in [3.05, 3.63) is 113 Å². The Bertz CT molecular complexity index is 986. The van der Waals surface area contributed by atoms with Gasteiger partial charge >= 0.3 is 0 Å². The number of halogens is 2. The van der Waals surface area contributed by atoms with Crippen LogP contribution in [0.15, 0.2) is 113 Å². The lowest BCUT2D eigenvalue weighted by Crippen LogP contribution is -3.00. The van der Waals surface area contributed by atoms with Crippen LogP contribution in [0.3, 0.4) is 0 Å². The maximum absolute atomic E-state index is 6.47. The van der Waals surface area contributed by atoms with Crippen LogP contribution >= 0.6 is 23.2 Å². The van der Waals surface area contributed by atoms with E-state index in [1.807, 2.05) is 7.11 Å². The summed E-state index contributed by atoms with van der Waals surface area (Å²) in [6.45, 7) is 4.50. The van der Waals surface area contributed by atoms with Crippen molar-refractivity contribution < 1.29 is 17.1 Å². The normalized spacial score (nSPS) is 20.7. The zero-order valence-corrected chi connectivity index (χ0v) is 21.9. The number of benzene rings is 3. The maximum Gasteiger partial charge on any atom is 0.140 e. The Morgan fingerprint density at radius 3 is 1.56 bits per heavy atom. The molecule has 0 saturated carbocycles. The zero-order valence-electron chi connectivity index (χ0n) is 18.7. The molecule has 0 saturated heterocycles. The summed E-state index contributed by atoms with van der Waals surface area (Å²) in [4.78, 5) is 0. The first kappa shape index (κ1) is 24.9. The molecular weight excluding hydrogens is 499 g/mol. The summed E-state index contributed by atoms with van der Waals surface area (Å²) in [5, 5.41) is 4.13. The Labute approximate surface area is 207 Å². The van der Waals surface area contributed by atoms with E-state index in [1.54, 1.807) is 0 Å². The van der Waals surface area contributed by atoms with Crippen molar-refractivity contribution in [1.82, 2.24) is 0 Å². The molecule has 0 aliphatic heterocycles. The number of ether oxygens (including phenoxy) is 1. The lowest BCUT2D eigenvalue weighted by Gasteiger charge is -2.43. The average molecular weight is 528 g/mol. The molecule has 1 aliphatic carbocycles. The Balaban J connectivity index is 0.00000289. The van der Waals surface area contributed by atoms with Crippen LogP contribution in [0.4, 0.5) is 0 Å². The average Bonchev–Trinajstić information content (AvgIpc) is 2.84. The van der Waals surface area contributed by atoms with Crippen LogP contribution in [0, 0.1) is 5.92 Å². The summed E-state index contributed by atoms with van der Waals surface area (Å²) in [6, 6.07) is 33.1. The first-order valence-corrected chi connectivity index (χ1v) is 13.5. The zero-order chi connectivity index (χ0) is 21.9. The molecule has 0 heterocycles. The van der Waals surface area contributed by atoms with Crippen molar-refractivity contribution in [3.63, 3.8) is 0 Å². The van der Waals surface area contributed by atoms with Gasteiger partial charge in [-0.2, -0.15) is 0 Å². The molecule has 1 aliphatic rings. The van der Waals surface area contributed by atoms with Crippen LogP contribution in [-0.4, -0.2) is 18.9 Å². The van der Waals surface area contributed by atoms with Gasteiger partial charge < -0.3 is 17.1 Å². The Hall–Kier alpha value is -1.70. The van der Waals surface area contributed by atoms with E-state index in [4.69, 9.17) is 4.74 Å². The third kappa shape index (κ3) is 4.27. The third-order valence-corrected chi connectivity index (χ3v) is 12.1. The number of hydrogen-bond acceptors (Lipinski definition) is 1. The quantitative estimate of drug-likeness (QED) is 0.447. The van der Waals surface area contributed by atoms with Gasteiger partial charge in [0, 0.05) is 17.5 Å².